The molecular formula is C7H10BClO3. The van der Waals surface area contributed by atoms with E-state index in [2.05, 4.69) is 6.58 Å². The largest absolute Gasteiger partial charge is 0.394 e. The molecule has 5 heteroatoms. The van der Waals surface area contributed by atoms with Gasteiger partial charge in [0.05, 0.1) is 6.61 Å². The van der Waals surface area contributed by atoms with E-state index in [1.165, 1.54) is 6.08 Å². The smallest absolute Gasteiger partial charge is 0.112 e. The first kappa shape index (κ1) is 10.1. The van der Waals surface area contributed by atoms with E-state index >= 15 is 0 Å². The third kappa shape index (κ3) is 1.29. The van der Waals surface area contributed by atoms with Gasteiger partial charge in [0.15, 0.2) is 0 Å². The number of alkyl halides is 1. The van der Waals surface area contributed by atoms with Crippen LogP contribution in [0.4, 0.5) is 0 Å². The lowest BCUT2D eigenvalue weighted by atomic mass is 9.84. The second-order valence-corrected chi connectivity index (χ2v) is 3.41. The Bertz CT molecular complexity index is 189. The second kappa shape index (κ2) is 3.38. The Kier molecular flexibility index (Phi) is 2.83. The van der Waals surface area contributed by atoms with Crippen molar-refractivity contribution in [3.8, 4) is 0 Å². The summed E-state index contributed by atoms with van der Waals surface area (Å²) in [5.74, 6) is 0. The van der Waals surface area contributed by atoms with Crippen LogP contribution >= 0.6 is 11.6 Å². The van der Waals surface area contributed by atoms with E-state index in [1.54, 1.807) is 0 Å². The molecule has 4 atom stereocenters. The van der Waals surface area contributed by atoms with E-state index in [1.807, 2.05) is 0 Å². The average Bonchev–Trinajstić information content (AvgIpc) is 2.30. The zero-order valence-electron chi connectivity index (χ0n) is 6.48. The lowest BCUT2D eigenvalue weighted by Crippen LogP contribution is -2.41. The number of hydrogen-bond acceptors (Lipinski definition) is 3. The monoisotopic (exact) mass is 188 g/mol. The molecule has 1 aliphatic heterocycles. The zero-order chi connectivity index (χ0) is 9.35. The summed E-state index contributed by atoms with van der Waals surface area (Å²) in [5.41, 5.74) is 0. The molecule has 0 saturated carbocycles. The third-order valence-corrected chi connectivity index (χ3v) is 2.65. The molecule has 2 N–H and O–H groups in total. The Hall–Kier alpha value is -0.0251. The number of rotatable bonds is 2. The van der Waals surface area contributed by atoms with Gasteiger partial charge in [0.25, 0.3) is 0 Å². The van der Waals surface area contributed by atoms with Gasteiger partial charge in [-0.05, 0) is 0 Å². The van der Waals surface area contributed by atoms with Crippen molar-refractivity contribution in [2.24, 2.45) is 0 Å². The van der Waals surface area contributed by atoms with Crippen LogP contribution in [-0.4, -0.2) is 47.8 Å². The van der Waals surface area contributed by atoms with Crippen molar-refractivity contribution in [3.63, 3.8) is 0 Å². The second-order valence-electron chi connectivity index (χ2n) is 2.75. The fourth-order valence-electron chi connectivity index (χ4n) is 1.20. The lowest BCUT2D eigenvalue weighted by molar-refractivity contribution is -0.00440. The molecule has 0 aliphatic carbocycles. The number of hydrogen-bond donors (Lipinski definition) is 2. The fraction of sp³-hybridized carbons (Fsp3) is 0.714. The van der Waals surface area contributed by atoms with Crippen LogP contribution in [0.15, 0.2) is 12.7 Å². The molecule has 1 heterocycles. The first-order valence-corrected chi connectivity index (χ1v) is 3.96. The maximum Gasteiger partial charge on any atom is 0.112 e. The quantitative estimate of drug-likeness (QED) is 0.346. The number of halogens is 1. The molecule has 2 radical (unpaired) electrons. The third-order valence-electron chi connectivity index (χ3n) is 2.06. The summed E-state index contributed by atoms with van der Waals surface area (Å²) in [6.45, 7) is 3.14. The summed E-state index contributed by atoms with van der Waals surface area (Å²) in [4.78, 5) is -1.19. The Labute approximate surface area is 77.4 Å². The minimum Gasteiger partial charge on any atom is -0.394 e. The Morgan fingerprint density at radius 3 is 2.58 bits per heavy atom. The van der Waals surface area contributed by atoms with Gasteiger partial charge in [0, 0.05) is 6.00 Å². The van der Waals surface area contributed by atoms with Crippen molar-refractivity contribution in [1.82, 2.24) is 0 Å². The van der Waals surface area contributed by atoms with Crippen molar-refractivity contribution in [3.05, 3.63) is 12.7 Å². The van der Waals surface area contributed by atoms with Gasteiger partial charge in [0.1, 0.15) is 24.9 Å². The highest BCUT2D eigenvalue weighted by molar-refractivity contribution is 6.31. The van der Waals surface area contributed by atoms with Crippen LogP contribution in [0, 0.1) is 0 Å². The van der Waals surface area contributed by atoms with Crippen LogP contribution in [0.1, 0.15) is 0 Å². The first-order chi connectivity index (χ1) is 5.56. The molecule has 3 nitrogen and oxygen atoms in total. The van der Waals surface area contributed by atoms with E-state index in [4.69, 9.17) is 29.3 Å². The SMILES string of the molecule is [B]C1OC(CO)C(O)C1(Cl)C=C. The van der Waals surface area contributed by atoms with Crippen LogP contribution < -0.4 is 0 Å². The van der Waals surface area contributed by atoms with Crippen LogP contribution in [0.3, 0.4) is 0 Å². The van der Waals surface area contributed by atoms with Crippen LogP contribution in [0.2, 0.25) is 0 Å². The van der Waals surface area contributed by atoms with Crippen molar-refractivity contribution in [1.29, 1.82) is 0 Å². The first-order valence-electron chi connectivity index (χ1n) is 3.58. The molecule has 1 saturated heterocycles. The van der Waals surface area contributed by atoms with Crippen LogP contribution in [-0.2, 0) is 4.74 Å². The number of ether oxygens (including phenoxy) is 1. The molecule has 12 heavy (non-hydrogen) atoms. The Morgan fingerprint density at radius 2 is 2.33 bits per heavy atom. The van der Waals surface area contributed by atoms with Crippen molar-refractivity contribution in [2.75, 3.05) is 6.61 Å². The molecule has 0 bridgehead atoms. The summed E-state index contributed by atoms with van der Waals surface area (Å²) in [6, 6.07) is -0.830. The van der Waals surface area contributed by atoms with Crippen molar-refractivity contribution < 1.29 is 14.9 Å². The molecule has 0 aromatic heterocycles. The highest BCUT2D eigenvalue weighted by atomic mass is 35.5. The van der Waals surface area contributed by atoms with Gasteiger partial charge < -0.3 is 14.9 Å². The maximum atomic E-state index is 9.51. The molecule has 1 fully saturated rings. The summed E-state index contributed by atoms with van der Waals surface area (Å²) in [7, 11) is 5.48. The normalized spacial score (nSPS) is 47.8. The summed E-state index contributed by atoms with van der Waals surface area (Å²) in [6.07, 6.45) is -0.410. The molecule has 0 aromatic carbocycles. The highest BCUT2D eigenvalue weighted by Gasteiger charge is 2.50. The molecule has 0 amide bonds. The molecule has 1 aliphatic rings. The molecule has 4 unspecified atom stereocenters. The number of aliphatic hydroxyl groups is 2. The molecule has 1 rings (SSSR count). The number of aliphatic hydroxyl groups excluding tert-OH is 2. The van der Waals surface area contributed by atoms with Gasteiger partial charge in [-0.25, -0.2) is 0 Å². The van der Waals surface area contributed by atoms with Crippen LogP contribution in [0.5, 0.6) is 0 Å². The standard InChI is InChI=1S/C7H10BClO3/c1-2-7(9)5(11)4(3-10)12-6(7)8/h2,4-6,10-11H,1,3H2. The van der Waals surface area contributed by atoms with E-state index in [0.29, 0.717) is 0 Å². The van der Waals surface area contributed by atoms with Gasteiger partial charge in [-0.3, -0.25) is 0 Å². The van der Waals surface area contributed by atoms with Gasteiger partial charge >= 0.3 is 0 Å². The van der Waals surface area contributed by atoms with E-state index in [-0.39, 0.29) is 6.61 Å². The summed E-state index contributed by atoms with van der Waals surface area (Å²) in [5, 5.41) is 18.3. The maximum absolute atomic E-state index is 9.51. The Morgan fingerprint density at radius 1 is 1.75 bits per heavy atom. The predicted molar refractivity (Wildman–Crippen MR) is 46.3 cm³/mol. The minimum absolute atomic E-state index is 0.308. The van der Waals surface area contributed by atoms with Crippen molar-refractivity contribution in [2.45, 2.75) is 23.1 Å². The van der Waals surface area contributed by atoms with Crippen molar-refractivity contribution >= 4 is 19.4 Å². The molecule has 0 spiro atoms. The van der Waals surface area contributed by atoms with E-state index in [0.717, 1.165) is 0 Å². The molecule has 66 valence electrons. The summed E-state index contributed by atoms with van der Waals surface area (Å²) < 4.78 is 5.00. The fourth-order valence-corrected chi connectivity index (χ4v) is 1.39. The van der Waals surface area contributed by atoms with Gasteiger partial charge in [-0.15, -0.1) is 18.2 Å². The predicted octanol–water partition coefficient (Wildman–Crippen LogP) is -0.603. The zero-order valence-corrected chi connectivity index (χ0v) is 7.24. The van der Waals surface area contributed by atoms with Gasteiger partial charge in [-0.1, -0.05) is 6.08 Å². The van der Waals surface area contributed by atoms with Crippen LogP contribution in [0.25, 0.3) is 0 Å². The molecular weight excluding hydrogens is 178 g/mol. The van der Waals surface area contributed by atoms with Gasteiger partial charge in [-0.2, -0.15) is 0 Å². The highest BCUT2D eigenvalue weighted by Crippen LogP contribution is 2.36. The van der Waals surface area contributed by atoms with E-state index < -0.39 is 23.1 Å². The lowest BCUT2D eigenvalue weighted by Gasteiger charge is -2.24. The minimum atomic E-state index is -1.19. The Balaban J connectivity index is 2.83. The topological polar surface area (TPSA) is 49.7 Å². The van der Waals surface area contributed by atoms with Gasteiger partial charge in [0.2, 0.25) is 0 Å². The summed E-state index contributed by atoms with van der Waals surface area (Å²) >= 11 is 5.90. The average molecular weight is 188 g/mol. The molecule has 0 aromatic rings. The van der Waals surface area contributed by atoms with E-state index in [9.17, 15) is 5.11 Å².